The van der Waals surface area contributed by atoms with Gasteiger partial charge in [-0.15, -0.1) is 0 Å². The van der Waals surface area contributed by atoms with Gasteiger partial charge in [0.25, 0.3) is 11.8 Å². The molecule has 0 spiro atoms. The molecular weight excluding hydrogens is 354 g/mol. The van der Waals surface area contributed by atoms with E-state index in [1.54, 1.807) is 24.3 Å². The number of anilines is 1. The number of Topliss-reactive ketones (excluding diaryl/α,β-unsaturated/α-hetero) is 1. The Labute approximate surface area is 162 Å². The van der Waals surface area contributed by atoms with Gasteiger partial charge in [0.15, 0.2) is 5.78 Å². The minimum absolute atomic E-state index is 0.0881. The van der Waals surface area contributed by atoms with E-state index in [2.05, 4.69) is 15.6 Å². The molecule has 3 rings (SSSR count). The van der Waals surface area contributed by atoms with Gasteiger partial charge in [-0.1, -0.05) is 42.5 Å². The van der Waals surface area contributed by atoms with Crippen LogP contribution >= 0.6 is 0 Å². The Hall–Kier alpha value is -3.80. The maximum Gasteiger partial charge on any atom is 0.257 e. The summed E-state index contributed by atoms with van der Waals surface area (Å²) in [5.41, 5.74) is 2.52. The van der Waals surface area contributed by atoms with Crippen LogP contribution in [0.3, 0.4) is 0 Å². The van der Waals surface area contributed by atoms with Gasteiger partial charge >= 0.3 is 0 Å². The van der Waals surface area contributed by atoms with E-state index in [-0.39, 0.29) is 17.3 Å². The van der Waals surface area contributed by atoms with Crippen molar-refractivity contribution in [3.63, 3.8) is 0 Å². The molecule has 28 heavy (non-hydrogen) atoms. The normalized spacial score (nSPS) is 10.2. The molecule has 0 saturated carbocycles. The molecule has 140 valence electrons. The van der Waals surface area contributed by atoms with E-state index in [0.717, 1.165) is 5.56 Å². The monoisotopic (exact) mass is 373 g/mol. The number of carbonyl (C=O) groups is 3. The van der Waals surface area contributed by atoms with Crippen LogP contribution in [0, 0.1) is 0 Å². The molecule has 2 N–H and O–H groups in total. The zero-order valence-electron chi connectivity index (χ0n) is 15.3. The number of benzene rings is 2. The molecule has 0 radical (unpaired) electrons. The molecule has 3 aromatic rings. The summed E-state index contributed by atoms with van der Waals surface area (Å²) in [4.78, 5) is 40.3. The van der Waals surface area contributed by atoms with Crippen LogP contribution in [0.5, 0.6) is 0 Å². The molecule has 0 bridgehead atoms. The minimum Gasteiger partial charge on any atom is -0.348 e. The number of amides is 2. The Balaban J connectivity index is 1.68. The third-order valence-electron chi connectivity index (χ3n) is 4.09. The van der Waals surface area contributed by atoms with Gasteiger partial charge in [0, 0.05) is 30.2 Å². The second kappa shape index (κ2) is 8.73. The van der Waals surface area contributed by atoms with Crippen molar-refractivity contribution in [2.75, 3.05) is 5.32 Å². The maximum absolute atomic E-state index is 12.5. The number of hydrogen-bond acceptors (Lipinski definition) is 4. The lowest BCUT2D eigenvalue weighted by Crippen LogP contribution is -2.23. The largest absolute Gasteiger partial charge is 0.348 e. The Kier molecular flexibility index (Phi) is 5.91. The molecule has 0 aliphatic carbocycles. The lowest BCUT2D eigenvalue weighted by Gasteiger charge is -2.08. The van der Waals surface area contributed by atoms with Crippen LogP contribution in [0.4, 0.5) is 5.69 Å². The third kappa shape index (κ3) is 4.88. The Morgan fingerprint density at radius 2 is 1.54 bits per heavy atom. The fourth-order valence-electron chi connectivity index (χ4n) is 2.59. The highest BCUT2D eigenvalue weighted by molar-refractivity contribution is 6.06. The van der Waals surface area contributed by atoms with Gasteiger partial charge in [-0.25, -0.2) is 0 Å². The summed E-state index contributed by atoms with van der Waals surface area (Å²) in [6.07, 6.45) is 2.80. The van der Waals surface area contributed by atoms with E-state index >= 15 is 0 Å². The molecule has 0 saturated heterocycles. The summed E-state index contributed by atoms with van der Waals surface area (Å²) in [7, 11) is 0. The molecular formula is C22H19N3O3. The van der Waals surface area contributed by atoms with Crippen molar-refractivity contribution < 1.29 is 14.4 Å². The van der Waals surface area contributed by atoms with Crippen LogP contribution < -0.4 is 10.6 Å². The van der Waals surface area contributed by atoms with E-state index < -0.39 is 5.91 Å². The van der Waals surface area contributed by atoms with Gasteiger partial charge in [-0.2, -0.15) is 0 Å². The fourth-order valence-corrected chi connectivity index (χ4v) is 2.59. The second-order valence-electron chi connectivity index (χ2n) is 6.22. The van der Waals surface area contributed by atoms with E-state index in [0.29, 0.717) is 23.4 Å². The topological polar surface area (TPSA) is 88.2 Å². The van der Waals surface area contributed by atoms with Crippen molar-refractivity contribution in [3.05, 3.63) is 95.3 Å². The number of aromatic nitrogens is 1. The first-order valence-corrected chi connectivity index (χ1v) is 8.72. The molecule has 0 fully saturated rings. The van der Waals surface area contributed by atoms with Crippen LogP contribution in [-0.4, -0.2) is 22.6 Å². The first kappa shape index (κ1) is 19.0. The number of nitrogens with zero attached hydrogens (tertiary/aromatic N) is 1. The summed E-state index contributed by atoms with van der Waals surface area (Å²) in [5.74, 6) is -0.814. The van der Waals surface area contributed by atoms with Crippen molar-refractivity contribution in [2.45, 2.75) is 13.5 Å². The predicted molar refractivity (Wildman–Crippen MR) is 106 cm³/mol. The fraction of sp³-hybridized carbons (Fsp3) is 0.0909. The summed E-state index contributed by atoms with van der Waals surface area (Å²) < 4.78 is 0. The van der Waals surface area contributed by atoms with Gasteiger partial charge in [-0.05, 0) is 30.7 Å². The van der Waals surface area contributed by atoms with Crippen LogP contribution in [0.15, 0.2) is 73.1 Å². The third-order valence-corrected chi connectivity index (χ3v) is 4.09. The number of nitrogens with one attached hydrogen (secondary N) is 2. The van der Waals surface area contributed by atoms with Crippen LogP contribution in [-0.2, 0) is 6.54 Å². The summed E-state index contributed by atoms with van der Waals surface area (Å²) in [6, 6.07) is 17.7. The van der Waals surface area contributed by atoms with Gasteiger partial charge in [-0.3, -0.25) is 19.4 Å². The van der Waals surface area contributed by atoms with Crippen LogP contribution in [0.2, 0.25) is 0 Å². The quantitative estimate of drug-likeness (QED) is 0.648. The first-order chi connectivity index (χ1) is 13.5. The lowest BCUT2D eigenvalue weighted by molar-refractivity contribution is 0.0949. The van der Waals surface area contributed by atoms with Crippen molar-refractivity contribution in [2.24, 2.45) is 0 Å². The number of hydrogen-bond donors (Lipinski definition) is 2. The standard InChI is InChI=1S/C22H19N3O3/c1-15(26)17-8-5-9-20(11-17)25-22(28)19-10-18(13-23-14-19)21(27)24-12-16-6-3-2-4-7-16/h2-11,13-14H,12H2,1H3,(H,24,27)(H,25,28). The summed E-state index contributed by atoms with van der Waals surface area (Å²) >= 11 is 0. The van der Waals surface area contributed by atoms with Crippen molar-refractivity contribution in [1.82, 2.24) is 10.3 Å². The number of carbonyl (C=O) groups excluding carboxylic acids is 3. The predicted octanol–water partition coefficient (Wildman–Crippen LogP) is 3.47. The van der Waals surface area contributed by atoms with E-state index in [1.807, 2.05) is 30.3 Å². The minimum atomic E-state index is -0.411. The van der Waals surface area contributed by atoms with Gasteiger partial charge < -0.3 is 10.6 Å². The first-order valence-electron chi connectivity index (χ1n) is 8.72. The summed E-state index contributed by atoms with van der Waals surface area (Å²) in [6.45, 7) is 1.84. The van der Waals surface area contributed by atoms with Gasteiger partial charge in [0.1, 0.15) is 0 Å². The van der Waals surface area contributed by atoms with E-state index in [4.69, 9.17) is 0 Å². The van der Waals surface area contributed by atoms with Crippen molar-refractivity contribution in [3.8, 4) is 0 Å². The van der Waals surface area contributed by atoms with Gasteiger partial charge in [0.05, 0.1) is 11.1 Å². The zero-order chi connectivity index (χ0) is 19.9. The van der Waals surface area contributed by atoms with Crippen LogP contribution in [0.25, 0.3) is 0 Å². The van der Waals surface area contributed by atoms with Crippen molar-refractivity contribution in [1.29, 1.82) is 0 Å². The Morgan fingerprint density at radius 1 is 0.821 bits per heavy atom. The molecule has 1 heterocycles. The van der Waals surface area contributed by atoms with Crippen LogP contribution in [0.1, 0.15) is 43.6 Å². The Morgan fingerprint density at radius 3 is 2.25 bits per heavy atom. The van der Waals surface area contributed by atoms with Gasteiger partial charge in [0.2, 0.25) is 0 Å². The molecule has 6 nitrogen and oxygen atoms in total. The second-order valence-corrected chi connectivity index (χ2v) is 6.22. The summed E-state index contributed by atoms with van der Waals surface area (Å²) in [5, 5.41) is 5.52. The van der Waals surface area contributed by atoms with E-state index in [9.17, 15) is 14.4 Å². The average Bonchev–Trinajstić information content (AvgIpc) is 2.73. The van der Waals surface area contributed by atoms with E-state index in [1.165, 1.54) is 25.4 Å². The molecule has 6 heteroatoms. The molecule has 1 aromatic heterocycles. The maximum atomic E-state index is 12.5. The smallest absolute Gasteiger partial charge is 0.257 e. The Bertz CT molecular complexity index is 1020. The van der Waals surface area contributed by atoms with Crippen molar-refractivity contribution >= 4 is 23.3 Å². The molecule has 0 aliphatic heterocycles. The number of ketones is 1. The SMILES string of the molecule is CC(=O)c1cccc(NC(=O)c2cncc(C(=O)NCc3ccccc3)c2)c1. The lowest BCUT2D eigenvalue weighted by atomic mass is 10.1. The number of pyridine rings is 1. The highest BCUT2D eigenvalue weighted by atomic mass is 16.2. The molecule has 2 aromatic carbocycles. The highest BCUT2D eigenvalue weighted by Gasteiger charge is 2.12. The highest BCUT2D eigenvalue weighted by Crippen LogP contribution is 2.13. The molecule has 2 amide bonds. The zero-order valence-corrected chi connectivity index (χ0v) is 15.3. The molecule has 0 atom stereocenters. The average molecular weight is 373 g/mol. The molecule has 0 aliphatic rings. The molecule has 0 unspecified atom stereocenters. The number of rotatable bonds is 6.